The first-order valence-corrected chi connectivity index (χ1v) is 5.33. The van der Waals surface area contributed by atoms with E-state index < -0.39 is 0 Å². The van der Waals surface area contributed by atoms with Gasteiger partial charge in [0.25, 0.3) is 0 Å². The lowest BCUT2D eigenvalue weighted by Crippen LogP contribution is -2.19. The van der Waals surface area contributed by atoms with Crippen molar-refractivity contribution in [2.24, 2.45) is 10.9 Å². The number of H-pyrrole nitrogens is 1. The molecule has 0 spiro atoms. The molecule has 0 bridgehead atoms. The zero-order valence-electron chi connectivity index (χ0n) is 8.82. The summed E-state index contributed by atoms with van der Waals surface area (Å²) in [6.07, 6.45) is 5.95. The van der Waals surface area contributed by atoms with Gasteiger partial charge in [0.15, 0.2) is 5.82 Å². The summed E-state index contributed by atoms with van der Waals surface area (Å²) in [5.74, 6) is 2.06. The van der Waals surface area contributed by atoms with Gasteiger partial charge in [0.1, 0.15) is 5.84 Å². The molecule has 0 aliphatic heterocycles. The van der Waals surface area contributed by atoms with Crippen LogP contribution in [0, 0.1) is 5.92 Å². The Morgan fingerprint density at radius 1 is 1.73 bits per heavy atom. The molecule has 0 amide bonds. The van der Waals surface area contributed by atoms with Crippen LogP contribution in [0.2, 0.25) is 0 Å². The Hall–Kier alpha value is -1.36. The molecule has 0 radical (unpaired) electrons. The molecule has 1 heterocycles. The largest absolute Gasteiger partial charge is 0.290 e. The summed E-state index contributed by atoms with van der Waals surface area (Å²) in [6.45, 7) is 2.05. The predicted molar refractivity (Wildman–Crippen MR) is 57.3 cm³/mol. The minimum absolute atomic E-state index is 0.622. The van der Waals surface area contributed by atoms with E-state index in [0.29, 0.717) is 11.8 Å². The number of aromatic amines is 1. The number of nitrogens with one attached hydrogen (secondary N) is 2. The molecule has 5 nitrogen and oxygen atoms in total. The average molecular weight is 208 g/mol. The van der Waals surface area contributed by atoms with Gasteiger partial charge in [-0.15, -0.1) is 0 Å². The third-order valence-corrected chi connectivity index (χ3v) is 2.63. The number of nitrogens with zero attached hydrogens (tertiary/aromatic N) is 2. The highest BCUT2D eigenvalue weighted by atomic mass is 16.5. The first kappa shape index (κ1) is 10.2. The van der Waals surface area contributed by atoms with Crippen molar-refractivity contribution < 1.29 is 5.21 Å². The number of aryl methyl sites for hydroxylation is 1. The molecule has 0 unspecified atom stereocenters. The second-order valence-corrected chi connectivity index (χ2v) is 3.92. The highest BCUT2D eigenvalue weighted by molar-refractivity contribution is 5.84. The van der Waals surface area contributed by atoms with Crippen molar-refractivity contribution in [3.8, 4) is 0 Å². The van der Waals surface area contributed by atoms with Gasteiger partial charge in [0, 0.05) is 12.0 Å². The van der Waals surface area contributed by atoms with E-state index in [1.807, 2.05) is 0 Å². The first-order chi connectivity index (χ1) is 7.33. The molecule has 1 aromatic heterocycles. The van der Waals surface area contributed by atoms with Crippen LogP contribution in [-0.4, -0.2) is 21.2 Å². The highest BCUT2D eigenvalue weighted by Crippen LogP contribution is 2.32. The Labute approximate surface area is 88.6 Å². The summed E-state index contributed by atoms with van der Waals surface area (Å²) in [5.41, 5.74) is 3.23. The van der Waals surface area contributed by atoms with E-state index in [1.54, 1.807) is 6.20 Å². The lowest BCUT2D eigenvalue weighted by atomic mass is 10.2. The smallest absolute Gasteiger partial charge is 0.153 e. The maximum absolute atomic E-state index is 8.95. The minimum atomic E-state index is 0.622. The van der Waals surface area contributed by atoms with Crippen LogP contribution in [0.4, 0.5) is 5.82 Å². The SMILES string of the molecule is CCc1cn[nH]c1/N=C(/CC1CC1)NO. The van der Waals surface area contributed by atoms with Crippen molar-refractivity contribution in [2.75, 3.05) is 0 Å². The van der Waals surface area contributed by atoms with Crippen molar-refractivity contribution >= 4 is 11.7 Å². The topological polar surface area (TPSA) is 73.3 Å². The van der Waals surface area contributed by atoms with Gasteiger partial charge in [-0.2, -0.15) is 5.10 Å². The van der Waals surface area contributed by atoms with E-state index in [2.05, 4.69) is 27.6 Å². The van der Waals surface area contributed by atoms with Crippen LogP contribution >= 0.6 is 0 Å². The molecule has 82 valence electrons. The van der Waals surface area contributed by atoms with Crippen LogP contribution in [0.1, 0.15) is 31.7 Å². The molecular formula is C10H16N4O. The molecule has 15 heavy (non-hydrogen) atoms. The van der Waals surface area contributed by atoms with Crippen molar-refractivity contribution in [1.82, 2.24) is 15.7 Å². The van der Waals surface area contributed by atoms with Gasteiger partial charge in [-0.1, -0.05) is 6.92 Å². The second-order valence-electron chi connectivity index (χ2n) is 3.92. The zero-order valence-corrected chi connectivity index (χ0v) is 8.82. The zero-order chi connectivity index (χ0) is 10.7. The Morgan fingerprint density at radius 2 is 2.53 bits per heavy atom. The monoisotopic (exact) mass is 208 g/mol. The fourth-order valence-corrected chi connectivity index (χ4v) is 1.51. The van der Waals surface area contributed by atoms with Crippen molar-refractivity contribution in [1.29, 1.82) is 0 Å². The fourth-order valence-electron chi connectivity index (χ4n) is 1.51. The van der Waals surface area contributed by atoms with Crippen molar-refractivity contribution in [2.45, 2.75) is 32.6 Å². The average Bonchev–Trinajstić information content (AvgIpc) is 2.95. The second kappa shape index (κ2) is 4.44. The van der Waals surface area contributed by atoms with E-state index in [9.17, 15) is 0 Å². The minimum Gasteiger partial charge on any atom is -0.290 e. The Balaban J connectivity index is 2.10. The molecule has 0 aromatic carbocycles. The quantitative estimate of drug-likeness (QED) is 0.401. The summed E-state index contributed by atoms with van der Waals surface area (Å²) in [5, 5.41) is 15.7. The first-order valence-electron chi connectivity index (χ1n) is 5.33. The van der Waals surface area contributed by atoms with Gasteiger partial charge in [-0.3, -0.25) is 15.8 Å². The standard InChI is InChI=1S/C10H16N4O/c1-2-8-6-11-13-10(8)12-9(14-15)5-7-3-4-7/h6-7,15H,2-5H2,1H3,(H2,11,12,13,14). The summed E-state index contributed by atoms with van der Waals surface area (Å²) in [6, 6.07) is 0. The molecule has 1 saturated carbocycles. The molecule has 3 N–H and O–H groups in total. The van der Waals surface area contributed by atoms with E-state index in [0.717, 1.165) is 24.2 Å². The van der Waals surface area contributed by atoms with Gasteiger partial charge in [-0.05, 0) is 25.2 Å². The van der Waals surface area contributed by atoms with Crippen LogP contribution in [0.3, 0.4) is 0 Å². The van der Waals surface area contributed by atoms with E-state index >= 15 is 0 Å². The molecule has 1 aromatic rings. The lowest BCUT2D eigenvalue weighted by Gasteiger charge is -2.02. The van der Waals surface area contributed by atoms with Gasteiger partial charge in [-0.25, -0.2) is 4.99 Å². The van der Waals surface area contributed by atoms with Gasteiger partial charge < -0.3 is 0 Å². The number of aromatic nitrogens is 2. The molecule has 0 atom stereocenters. The maximum atomic E-state index is 8.95. The molecule has 5 heteroatoms. The predicted octanol–water partition coefficient (Wildman–Crippen LogP) is 1.78. The molecule has 1 fully saturated rings. The third-order valence-electron chi connectivity index (χ3n) is 2.63. The van der Waals surface area contributed by atoms with Crippen LogP contribution in [0.25, 0.3) is 0 Å². The van der Waals surface area contributed by atoms with Crippen LogP contribution in [0.5, 0.6) is 0 Å². The van der Waals surface area contributed by atoms with Crippen LogP contribution in [-0.2, 0) is 6.42 Å². The summed E-state index contributed by atoms with van der Waals surface area (Å²) >= 11 is 0. The van der Waals surface area contributed by atoms with Gasteiger partial charge in [0.05, 0.1) is 6.20 Å². The normalized spacial score (nSPS) is 16.8. The van der Waals surface area contributed by atoms with E-state index in [1.165, 1.54) is 12.8 Å². The van der Waals surface area contributed by atoms with Gasteiger partial charge >= 0.3 is 0 Å². The Bertz CT molecular complexity index is 354. The fraction of sp³-hybridized carbons (Fsp3) is 0.600. The molecule has 2 rings (SSSR count). The number of hydrogen-bond acceptors (Lipinski definition) is 3. The summed E-state index contributed by atoms with van der Waals surface area (Å²) < 4.78 is 0. The van der Waals surface area contributed by atoms with Crippen LogP contribution < -0.4 is 5.48 Å². The maximum Gasteiger partial charge on any atom is 0.153 e. The number of hydroxylamine groups is 1. The molecular weight excluding hydrogens is 192 g/mol. The van der Waals surface area contributed by atoms with Crippen LogP contribution in [0.15, 0.2) is 11.2 Å². The lowest BCUT2D eigenvalue weighted by molar-refractivity contribution is 0.231. The summed E-state index contributed by atoms with van der Waals surface area (Å²) in [7, 11) is 0. The number of aliphatic imine (C=N–C) groups is 1. The third kappa shape index (κ3) is 2.56. The van der Waals surface area contributed by atoms with Crippen molar-refractivity contribution in [3.63, 3.8) is 0 Å². The number of amidine groups is 1. The van der Waals surface area contributed by atoms with Crippen molar-refractivity contribution in [3.05, 3.63) is 11.8 Å². The number of hydrogen-bond donors (Lipinski definition) is 3. The Kier molecular flexibility index (Phi) is 3.01. The highest BCUT2D eigenvalue weighted by Gasteiger charge is 2.23. The summed E-state index contributed by atoms with van der Waals surface area (Å²) in [4.78, 5) is 4.33. The number of rotatable bonds is 4. The molecule has 1 aliphatic rings. The Morgan fingerprint density at radius 3 is 3.13 bits per heavy atom. The molecule has 0 saturated heterocycles. The van der Waals surface area contributed by atoms with Gasteiger partial charge in [0.2, 0.25) is 0 Å². The van der Waals surface area contributed by atoms with E-state index in [4.69, 9.17) is 5.21 Å². The van der Waals surface area contributed by atoms with E-state index in [-0.39, 0.29) is 0 Å². The molecule has 1 aliphatic carbocycles.